The summed E-state index contributed by atoms with van der Waals surface area (Å²) in [7, 11) is 0. The van der Waals surface area contributed by atoms with E-state index in [-0.39, 0.29) is 28.1 Å². The molecular formula is C15H9N3O6. The number of carbonyl (C=O) groups is 3. The van der Waals surface area contributed by atoms with E-state index in [9.17, 15) is 29.6 Å². The van der Waals surface area contributed by atoms with Gasteiger partial charge >= 0.3 is 0 Å². The van der Waals surface area contributed by atoms with Gasteiger partial charge in [0.15, 0.2) is 0 Å². The highest BCUT2D eigenvalue weighted by Crippen LogP contribution is 2.26. The number of nitrogens with zero attached hydrogens (tertiary/aromatic N) is 2. The van der Waals surface area contributed by atoms with Crippen molar-refractivity contribution in [2.75, 3.05) is 0 Å². The number of nitrogens with one attached hydrogen (secondary N) is 1. The van der Waals surface area contributed by atoms with Crippen molar-refractivity contribution < 1.29 is 24.4 Å². The molecule has 0 saturated heterocycles. The fourth-order valence-electron chi connectivity index (χ4n) is 2.27. The van der Waals surface area contributed by atoms with Crippen molar-refractivity contribution >= 4 is 23.4 Å². The van der Waals surface area contributed by atoms with Crippen LogP contribution in [0.2, 0.25) is 0 Å². The van der Waals surface area contributed by atoms with Gasteiger partial charge in [0.05, 0.1) is 21.6 Å². The Morgan fingerprint density at radius 2 is 1.75 bits per heavy atom. The number of aromatic hydroxyl groups is 1. The molecule has 0 spiro atoms. The first-order valence-electron chi connectivity index (χ1n) is 6.66. The maximum Gasteiger partial charge on any atom is 0.280 e. The highest BCUT2D eigenvalue weighted by molar-refractivity contribution is 6.22. The van der Waals surface area contributed by atoms with Gasteiger partial charge in [-0.2, -0.15) is 5.01 Å². The molecule has 0 bridgehead atoms. The number of fused-ring (bicyclic) bond motifs is 1. The van der Waals surface area contributed by atoms with E-state index < -0.39 is 22.6 Å². The van der Waals surface area contributed by atoms with Crippen molar-refractivity contribution in [1.82, 2.24) is 10.4 Å². The second-order valence-corrected chi connectivity index (χ2v) is 4.89. The van der Waals surface area contributed by atoms with Crippen LogP contribution >= 0.6 is 0 Å². The molecule has 0 saturated carbocycles. The zero-order chi connectivity index (χ0) is 17.4. The van der Waals surface area contributed by atoms with Crippen LogP contribution < -0.4 is 5.43 Å². The fourth-order valence-corrected chi connectivity index (χ4v) is 2.27. The molecule has 0 radical (unpaired) electrons. The van der Waals surface area contributed by atoms with Crippen LogP contribution in [-0.4, -0.2) is 32.8 Å². The lowest BCUT2D eigenvalue weighted by Crippen LogP contribution is -2.45. The quantitative estimate of drug-likeness (QED) is 0.495. The van der Waals surface area contributed by atoms with Gasteiger partial charge in [-0.25, -0.2) is 0 Å². The zero-order valence-electron chi connectivity index (χ0n) is 11.9. The average molecular weight is 327 g/mol. The predicted octanol–water partition coefficient (Wildman–Crippen LogP) is 1.24. The van der Waals surface area contributed by atoms with Crippen LogP contribution in [0.25, 0.3) is 0 Å². The topological polar surface area (TPSA) is 130 Å². The maximum absolute atomic E-state index is 12.2. The third-order valence-corrected chi connectivity index (χ3v) is 3.44. The van der Waals surface area contributed by atoms with Crippen molar-refractivity contribution in [2.45, 2.75) is 0 Å². The number of nitro benzene ring substituents is 1. The molecule has 1 aliphatic heterocycles. The lowest BCUT2D eigenvalue weighted by molar-refractivity contribution is -0.384. The van der Waals surface area contributed by atoms with E-state index in [1.165, 1.54) is 24.3 Å². The van der Waals surface area contributed by atoms with E-state index in [1.54, 1.807) is 0 Å². The summed E-state index contributed by atoms with van der Waals surface area (Å²) in [6.45, 7) is 0. The number of phenols is 1. The van der Waals surface area contributed by atoms with Crippen molar-refractivity contribution in [3.8, 4) is 5.75 Å². The summed E-state index contributed by atoms with van der Waals surface area (Å²) in [6, 6.07) is 8.82. The Bertz CT molecular complexity index is 908. The van der Waals surface area contributed by atoms with Crippen LogP contribution in [0.1, 0.15) is 31.1 Å². The third kappa shape index (κ3) is 2.33. The largest absolute Gasteiger partial charge is 0.507 e. The van der Waals surface area contributed by atoms with Gasteiger partial charge in [0.2, 0.25) is 0 Å². The first-order valence-corrected chi connectivity index (χ1v) is 6.66. The van der Waals surface area contributed by atoms with Gasteiger partial charge in [0, 0.05) is 12.1 Å². The van der Waals surface area contributed by atoms with Crippen molar-refractivity contribution in [2.24, 2.45) is 0 Å². The molecule has 0 atom stereocenters. The Morgan fingerprint density at radius 1 is 1.08 bits per heavy atom. The second-order valence-electron chi connectivity index (χ2n) is 4.89. The lowest BCUT2D eigenvalue weighted by atomic mass is 10.1. The zero-order valence-corrected chi connectivity index (χ0v) is 11.9. The van der Waals surface area contributed by atoms with Crippen molar-refractivity contribution in [1.29, 1.82) is 0 Å². The summed E-state index contributed by atoms with van der Waals surface area (Å²) >= 11 is 0. The normalized spacial score (nSPS) is 12.9. The first-order chi connectivity index (χ1) is 11.4. The van der Waals surface area contributed by atoms with Gasteiger partial charge < -0.3 is 5.11 Å². The highest BCUT2D eigenvalue weighted by Gasteiger charge is 2.38. The van der Waals surface area contributed by atoms with Crippen LogP contribution in [0, 0.1) is 10.1 Å². The monoisotopic (exact) mass is 327 g/mol. The number of non-ortho nitro benzene ring substituents is 1. The van der Waals surface area contributed by atoms with Crippen molar-refractivity contribution in [3.63, 3.8) is 0 Å². The smallest absolute Gasteiger partial charge is 0.280 e. The molecule has 0 unspecified atom stereocenters. The summed E-state index contributed by atoms with van der Waals surface area (Å²) in [4.78, 5) is 46.6. The number of benzene rings is 2. The molecule has 24 heavy (non-hydrogen) atoms. The second kappa shape index (κ2) is 5.47. The third-order valence-electron chi connectivity index (χ3n) is 3.44. The predicted molar refractivity (Wildman–Crippen MR) is 79.2 cm³/mol. The molecule has 2 aromatic carbocycles. The maximum atomic E-state index is 12.2. The van der Waals surface area contributed by atoms with E-state index in [4.69, 9.17) is 0 Å². The molecule has 1 heterocycles. The molecular weight excluding hydrogens is 318 g/mol. The molecule has 9 heteroatoms. The molecule has 3 amide bonds. The van der Waals surface area contributed by atoms with Gasteiger partial charge in [-0.1, -0.05) is 12.1 Å². The van der Waals surface area contributed by atoms with Gasteiger partial charge in [-0.3, -0.25) is 29.9 Å². The Labute approximate surface area is 134 Å². The molecule has 9 nitrogen and oxygen atoms in total. The van der Waals surface area contributed by atoms with E-state index in [2.05, 4.69) is 5.43 Å². The average Bonchev–Trinajstić information content (AvgIpc) is 2.79. The molecule has 0 fully saturated rings. The van der Waals surface area contributed by atoms with Crippen LogP contribution in [-0.2, 0) is 0 Å². The van der Waals surface area contributed by atoms with Gasteiger partial charge in [-0.15, -0.1) is 0 Å². The molecule has 3 rings (SSSR count). The first kappa shape index (κ1) is 15.2. The number of para-hydroxylation sites is 1. The van der Waals surface area contributed by atoms with Crippen LogP contribution in [0.15, 0.2) is 42.5 Å². The van der Waals surface area contributed by atoms with Gasteiger partial charge in [0.25, 0.3) is 23.4 Å². The number of carbonyl (C=O) groups excluding carboxylic acids is 3. The van der Waals surface area contributed by atoms with E-state index in [0.29, 0.717) is 5.01 Å². The Hall–Kier alpha value is -3.75. The van der Waals surface area contributed by atoms with Crippen LogP contribution in [0.3, 0.4) is 0 Å². The summed E-state index contributed by atoms with van der Waals surface area (Å²) in [6.07, 6.45) is 0. The summed E-state index contributed by atoms with van der Waals surface area (Å²) in [5, 5.41) is 20.9. The fraction of sp³-hybridized carbons (Fsp3) is 0. The van der Waals surface area contributed by atoms with E-state index >= 15 is 0 Å². The Kier molecular flexibility index (Phi) is 3.45. The molecule has 120 valence electrons. The number of rotatable bonds is 3. The lowest BCUT2D eigenvalue weighted by Gasteiger charge is -2.15. The van der Waals surface area contributed by atoms with Gasteiger partial charge in [0.1, 0.15) is 5.75 Å². The van der Waals surface area contributed by atoms with Crippen LogP contribution in [0.4, 0.5) is 5.69 Å². The summed E-state index contributed by atoms with van der Waals surface area (Å²) in [5.74, 6) is -2.88. The number of phenolic OH excluding ortho intramolecular Hbond substituents is 1. The van der Waals surface area contributed by atoms with Gasteiger partial charge in [-0.05, 0) is 18.2 Å². The molecule has 0 aromatic heterocycles. The number of hydrogen-bond donors (Lipinski definition) is 2. The Morgan fingerprint density at radius 3 is 2.42 bits per heavy atom. The van der Waals surface area contributed by atoms with Crippen molar-refractivity contribution in [3.05, 3.63) is 69.3 Å². The van der Waals surface area contributed by atoms with Crippen LogP contribution in [0.5, 0.6) is 5.75 Å². The minimum absolute atomic E-state index is 0.0526. The molecule has 0 aliphatic carbocycles. The number of amides is 3. The minimum Gasteiger partial charge on any atom is -0.507 e. The van der Waals surface area contributed by atoms with E-state index in [0.717, 1.165) is 18.2 Å². The van der Waals surface area contributed by atoms with E-state index in [1.807, 2.05) is 0 Å². The minimum atomic E-state index is -0.887. The number of nitro groups is 1. The molecule has 1 aliphatic rings. The SMILES string of the molecule is O=C(NN1C(=O)c2ccc([N+](=O)[O-])cc2C1=O)c1ccccc1O. The Balaban J connectivity index is 1.90. The standard InChI is InChI=1S/C15H9N3O6/c19-12-4-2-1-3-10(12)13(20)16-17-14(21)9-6-5-8(18(23)24)7-11(9)15(17)22/h1-7,19H,(H,16,20). The molecule has 2 aromatic rings. The summed E-state index contributed by atoms with van der Waals surface area (Å²) < 4.78 is 0. The number of imide groups is 1. The number of hydrazine groups is 1. The highest BCUT2D eigenvalue weighted by atomic mass is 16.6. The summed E-state index contributed by atoms with van der Waals surface area (Å²) in [5.41, 5.74) is 1.40. The number of hydrogen-bond acceptors (Lipinski definition) is 6. The molecule has 2 N–H and O–H groups in total.